The van der Waals surface area contributed by atoms with Gasteiger partial charge < -0.3 is 8.92 Å². The largest absolute Gasteiger partial charge is 0.490 e. The van der Waals surface area contributed by atoms with Crippen molar-refractivity contribution in [3.63, 3.8) is 0 Å². The minimum Gasteiger partial charge on any atom is -0.490 e. The maximum atomic E-state index is 14.0. The molecule has 0 aliphatic rings. The van der Waals surface area contributed by atoms with Gasteiger partial charge in [0, 0.05) is 0 Å². The molecule has 0 N–H and O–H groups in total. The van der Waals surface area contributed by atoms with E-state index in [0.29, 0.717) is 24.7 Å². The first-order valence-electron chi connectivity index (χ1n) is 8.25. The van der Waals surface area contributed by atoms with Gasteiger partial charge in [0.25, 0.3) is 0 Å². The highest BCUT2D eigenvalue weighted by molar-refractivity contribution is 7.86. The van der Waals surface area contributed by atoms with Crippen LogP contribution < -0.4 is 8.92 Å². The van der Waals surface area contributed by atoms with Gasteiger partial charge in [-0.2, -0.15) is 12.8 Å². The number of halogens is 3. The zero-order valence-corrected chi connectivity index (χ0v) is 15.7. The molecule has 0 amide bonds. The number of unbranched alkanes of at least 4 members (excludes halogenated alkanes) is 3. The summed E-state index contributed by atoms with van der Waals surface area (Å²) in [7, 11) is -4.20. The van der Waals surface area contributed by atoms with Crippen molar-refractivity contribution in [2.24, 2.45) is 0 Å². The third kappa shape index (κ3) is 5.81. The van der Waals surface area contributed by atoms with E-state index in [0.717, 1.165) is 25.7 Å². The van der Waals surface area contributed by atoms with E-state index >= 15 is 0 Å². The predicted molar refractivity (Wildman–Crippen MR) is 92.5 cm³/mol. The molecule has 1 aromatic carbocycles. The van der Waals surface area contributed by atoms with Gasteiger partial charge in [-0.25, -0.2) is 18.7 Å². The molecule has 2 aromatic rings. The van der Waals surface area contributed by atoms with E-state index in [4.69, 9.17) is 4.74 Å². The molecule has 0 aliphatic carbocycles. The molecule has 0 radical (unpaired) electrons. The quantitative estimate of drug-likeness (QED) is 0.359. The highest BCUT2D eigenvalue weighted by atomic mass is 32.2. The number of aromatic nitrogens is 2. The van der Waals surface area contributed by atoms with Crippen LogP contribution >= 0.6 is 0 Å². The van der Waals surface area contributed by atoms with Crippen LogP contribution in [-0.4, -0.2) is 31.2 Å². The van der Waals surface area contributed by atoms with Crippen molar-refractivity contribution in [3.8, 4) is 22.9 Å². The van der Waals surface area contributed by atoms with Gasteiger partial charge in [0.15, 0.2) is 29.0 Å². The van der Waals surface area contributed by atoms with Gasteiger partial charge in [-0.15, -0.1) is 0 Å². The van der Waals surface area contributed by atoms with Crippen LogP contribution in [0, 0.1) is 17.5 Å². The summed E-state index contributed by atoms with van der Waals surface area (Å²) in [6.45, 7) is 2.56. The summed E-state index contributed by atoms with van der Waals surface area (Å²) in [6.07, 6.45) is 7.26. The lowest BCUT2D eigenvalue weighted by atomic mass is 10.1. The Labute approximate surface area is 155 Å². The lowest BCUT2D eigenvalue weighted by Crippen LogP contribution is -2.10. The van der Waals surface area contributed by atoms with Crippen LogP contribution in [0.4, 0.5) is 13.2 Å². The summed E-state index contributed by atoms with van der Waals surface area (Å²) in [5, 5.41) is 0. The molecule has 2 rings (SSSR count). The van der Waals surface area contributed by atoms with Gasteiger partial charge in [-0.1, -0.05) is 26.2 Å². The molecule has 0 aliphatic heterocycles. The fourth-order valence-electron chi connectivity index (χ4n) is 2.23. The summed E-state index contributed by atoms with van der Waals surface area (Å²) >= 11 is 0. The Kier molecular flexibility index (Phi) is 7.00. The van der Waals surface area contributed by atoms with Gasteiger partial charge in [-0.3, -0.25) is 0 Å². The van der Waals surface area contributed by atoms with Crippen molar-refractivity contribution in [2.75, 3.05) is 12.9 Å². The van der Waals surface area contributed by atoms with Crippen LogP contribution in [-0.2, 0) is 10.1 Å². The third-order valence-corrected chi connectivity index (χ3v) is 3.96. The Morgan fingerprint density at radius 1 is 1.04 bits per heavy atom. The molecule has 0 unspecified atom stereocenters. The highest BCUT2D eigenvalue weighted by Crippen LogP contribution is 2.34. The molecule has 0 bridgehead atoms. The second-order valence-corrected chi connectivity index (χ2v) is 7.38. The van der Waals surface area contributed by atoms with E-state index in [9.17, 15) is 21.6 Å². The van der Waals surface area contributed by atoms with Crippen LogP contribution in [0.5, 0.6) is 11.5 Å². The Bertz CT molecular complexity index is 890. The van der Waals surface area contributed by atoms with E-state index in [-0.39, 0.29) is 5.82 Å². The second-order valence-electron chi connectivity index (χ2n) is 5.80. The summed E-state index contributed by atoms with van der Waals surface area (Å²) in [4.78, 5) is 7.80. The molecule has 27 heavy (non-hydrogen) atoms. The molecule has 0 spiro atoms. The smallest absolute Gasteiger partial charge is 0.306 e. The SMILES string of the molecule is CCCCCCOc1cnc(-c2cc(F)c(F)c(F)c2OS(C)(=O)=O)nc1. The molecule has 1 aromatic heterocycles. The lowest BCUT2D eigenvalue weighted by Gasteiger charge is -2.11. The molecular weight excluding hydrogens is 385 g/mol. The number of ether oxygens (including phenoxy) is 1. The van der Waals surface area contributed by atoms with Gasteiger partial charge in [0.05, 0.1) is 30.8 Å². The zero-order valence-electron chi connectivity index (χ0n) is 14.8. The average Bonchev–Trinajstić information content (AvgIpc) is 2.61. The molecule has 6 nitrogen and oxygen atoms in total. The van der Waals surface area contributed by atoms with E-state index in [2.05, 4.69) is 21.1 Å². The maximum Gasteiger partial charge on any atom is 0.306 e. The summed E-state index contributed by atoms with van der Waals surface area (Å²) < 4.78 is 73.6. The van der Waals surface area contributed by atoms with Crippen LogP contribution in [0.2, 0.25) is 0 Å². The van der Waals surface area contributed by atoms with Crippen molar-refractivity contribution in [1.82, 2.24) is 9.97 Å². The van der Waals surface area contributed by atoms with Crippen LogP contribution in [0.3, 0.4) is 0 Å². The molecule has 0 atom stereocenters. The van der Waals surface area contributed by atoms with Crippen molar-refractivity contribution >= 4 is 10.1 Å². The number of nitrogens with zero attached hydrogens (tertiary/aromatic N) is 2. The number of rotatable bonds is 9. The first-order valence-corrected chi connectivity index (χ1v) is 10.1. The number of hydrogen-bond donors (Lipinski definition) is 0. The Balaban J connectivity index is 2.27. The van der Waals surface area contributed by atoms with Gasteiger partial charge >= 0.3 is 10.1 Å². The Morgan fingerprint density at radius 3 is 2.30 bits per heavy atom. The fraction of sp³-hybridized carbons (Fsp3) is 0.412. The summed E-state index contributed by atoms with van der Waals surface area (Å²) in [5.74, 6) is -6.08. The van der Waals surface area contributed by atoms with Crippen LogP contribution in [0.25, 0.3) is 11.4 Å². The third-order valence-electron chi connectivity index (χ3n) is 3.49. The summed E-state index contributed by atoms with van der Waals surface area (Å²) in [5.41, 5.74) is -0.439. The minimum absolute atomic E-state index is 0.246. The first-order chi connectivity index (χ1) is 12.7. The van der Waals surface area contributed by atoms with Crippen LogP contribution in [0.15, 0.2) is 18.5 Å². The van der Waals surface area contributed by atoms with Crippen molar-refractivity contribution < 1.29 is 30.5 Å². The standard InChI is InChI=1S/C17H19F3N2O4S/c1-3-4-5-6-7-25-11-9-21-17(22-10-11)12-8-13(18)14(19)15(20)16(12)26-27(2,23)24/h8-10H,3-7H2,1-2H3. The van der Waals surface area contributed by atoms with Crippen molar-refractivity contribution in [3.05, 3.63) is 35.9 Å². The van der Waals surface area contributed by atoms with E-state index in [1.54, 1.807) is 0 Å². The average molecular weight is 404 g/mol. The Morgan fingerprint density at radius 2 is 1.70 bits per heavy atom. The minimum atomic E-state index is -4.20. The van der Waals surface area contributed by atoms with Crippen molar-refractivity contribution in [2.45, 2.75) is 32.6 Å². The first kappa shape index (κ1) is 20.9. The fourth-order valence-corrected chi connectivity index (χ4v) is 2.69. The maximum absolute atomic E-state index is 14.0. The number of hydrogen-bond acceptors (Lipinski definition) is 6. The molecule has 148 valence electrons. The van der Waals surface area contributed by atoms with E-state index < -0.39 is 38.9 Å². The van der Waals surface area contributed by atoms with Gasteiger partial charge in [0.1, 0.15) is 0 Å². The van der Waals surface area contributed by atoms with Crippen LogP contribution in [0.1, 0.15) is 32.6 Å². The molecule has 1 heterocycles. The lowest BCUT2D eigenvalue weighted by molar-refractivity contribution is 0.303. The second kappa shape index (κ2) is 9.03. The normalized spacial score (nSPS) is 11.4. The number of benzene rings is 1. The van der Waals surface area contributed by atoms with Crippen molar-refractivity contribution in [1.29, 1.82) is 0 Å². The zero-order chi connectivity index (χ0) is 20.0. The molecule has 0 saturated heterocycles. The molecular formula is C17H19F3N2O4S. The monoisotopic (exact) mass is 404 g/mol. The molecule has 10 heteroatoms. The van der Waals surface area contributed by atoms with E-state index in [1.165, 1.54) is 12.4 Å². The van der Waals surface area contributed by atoms with E-state index in [1.807, 2.05) is 0 Å². The topological polar surface area (TPSA) is 78.4 Å². The van der Waals surface area contributed by atoms with Gasteiger partial charge in [0.2, 0.25) is 5.82 Å². The van der Waals surface area contributed by atoms with Gasteiger partial charge in [-0.05, 0) is 12.5 Å². The molecule has 0 fully saturated rings. The Hall–Kier alpha value is -2.36. The highest BCUT2D eigenvalue weighted by Gasteiger charge is 2.25. The summed E-state index contributed by atoms with van der Waals surface area (Å²) in [6, 6.07) is 0.569. The predicted octanol–water partition coefficient (Wildman–Crippen LogP) is 3.86. The molecule has 0 saturated carbocycles.